The van der Waals surface area contributed by atoms with Crippen molar-refractivity contribution < 1.29 is 9.26 Å². The molecule has 4 heteroatoms. The minimum Gasteiger partial charge on any atom is -0.496 e. The van der Waals surface area contributed by atoms with E-state index in [-0.39, 0.29) is 6.04 Å². The Morgan fingerprint density at radius 2 is 2.21 bits per heavy atom. The highest BCUT2D eigenvalue weighted by atomic mass is 16.5. The summed E-state index contributed by atoms with van der Waals surface area (Å²) in [5.74, 6) is 0.921. The topological polar surface area (TPSA) is 47.3 Å². The maximum Gasteiger partial charge on any atom is 0.124 e. The van der Waals surface area contributed by atoms with Crippen molar-refractivity contribution in [2.45, 2.75) is 32.9 Å². The lowest BCUT2D eigenvalue weighted by atomic mass is 10.0. The van der Waals surface area contributed by atoms with Gasteiger partial charge in [0.25, 0.3) is 0 Å². The summed E-state index contributed by atoms with van der Waals surface area (Å²) in [4.78, 5) is 0. The molecule has 0 aliphatic heterocycles. The molecule has 2 rings (SSSR count). The zero-order valence-corrected chi connectivity index (χ0v) is 11.6. The quantitative estimate of drug-likeness (QED) is 0.866. The number of nitrogens with one attached hydrogen (secondary N) is 1. The number of nitrogens with zero attached hydrogens (tertiary/aromatic N) is 1. The smallest absolute Gasteiger partial charge is 0.124 e. The van der Waals surface area contributed by atoms with Gasteiger partial charge in [0, 0.05) is 24.2 Å². The van der Waals surface area contributed by atoms with Crippen molar-refractivity contribution in [1.82, 2.24) is 10.5 Å². The van der Waals surface area contributed by atoms with Crippen LogP contribution in [0.15, 0.2) is 35.1 Å². The van der Waals surface area contributed by atoms with Crippen LogP contribution in [0.5, 0.6) is 5.75 Å². The summed E-state index contributed by atoms with van der Waals surface area (Å²) in [6.45, 7) is 4.93. The Kier molecular flexibility index (Phi) is 4.58. The van der Waals surface area contributed by atoms with Gasteiger partial charge in [-0.1, -0.05) is 29.8 Å². The van der Waals surface area contributed by atoms with Gasteiger partial charge in [0.1, 0.15) is 12.0 Å². The number of aryl methyl sites for hydroxylation is 1. The molecule has 0 aliphatic carbocycles. The van der Waals surface area contributed by atoms with Crippen molar-refractivity contribution in [3.05, 3.63) is 47.3 Å². The molecule has 0 aliphatic rings. The summed E-state index contributed by atoms with van der Waals surface area (Å²) >= 11 is 0. The molecule has 19 heavy (non-hydrogen) atoms. The standard InChI is InChI=1S/C15H20N2O2/c1-4-14(16-10-12-7-8-19-17-12)13-9-11(2)5-6-15(13)18-3/h5-9,14,16H,4,10H2,1-3H3/t14-/m1/s1. The number of ether oxygens (including phenoxy) is 1. The van der Waals surface area contributed by atoms with Crippen molar-refractivity contribution in [3.8, 4) is 5.75 Å². The van der Waals surface area contributed by atoms with Gasteiger partial charge >= 0.3 is 0 Å². The molecule has 2 aromatic rings. The Morgan fingerprint density at radius 3 is 2.84 bits per heavy atom. The fraction of sp³-hybridized carbons (Fsp3) is 0.400. The summed E-state index contributed by atoms with van der Waals surface area (Å²) < 4.78 is 10.3. The Morgan fingerprint density at radius 1 is 1.37 bits per heavy atom. The maximum atomic E-state index is 5.45. The number of hydrogen-bond donors (Lipinski definition) is 1. The Labute approximate surface area is 113 Å². The first-order valence-corrected chi connectivity index (χ1v) is 6.51. The molecule has 0 saturated carbocycles. The normalized spacial score (nSPS) is 12.4. The average molecular weight is 260 g/mol. The van der Waals surface area contributed by atoms with Crippen molar-refractivity contribution in [1.29, 1.82) is 0 Å². The van der Waals surface area contributed by atoms with Crippen LogP contribution in [0.25, 0.3) is 0 Å². The van der Waals surface area contributed by atoms with Crippen LogP contribution in [0.2, 0.25) is 0 Å². The van der Waals surface area contributed by atoms with Crippen LogP contribution in [0.4, 0.5) is 0 Å². The first-order chi connectivity index (χ1) is 9.24. The second-order valence-electron chi connectivity index (χ2n) is 4.58. The highest BCUT2D eigenvalue weighted by Gasteiger charge is 2.14. The van der Waals surface area contributed by atoms with Crippen LogP contribution >= 0.6 is 0 Å². The minimum atomic E-state index is 0.242. The summed E-state index contributed by atoms with van der Waals surface area (Å²) in [6.07, 6.45) is 2.57. The second-order valence-corrected chi connectivity index (χ2v) is 4.58. The van der Waals surface area contributed by atoms with Crippen molar-refractivity contribution in [2.75, 3.05) is 7.11 Å². The van der Waals surface area contributed by atoms with E-state index in [1.54, 1.807) is 13.4 Å². The molecule has 1 atom stereocenters. The van der Waals surface area contributed by atoms with Gasteiger partial charge in [-0.15, -0.1) is 0 Å². The molecule has 0 saturated heterocycles. The molecule has 4 nitrogen and oxygen atoms in total. The van der Waals surface area contributed by atoms with E-state index in [9.17, 15) is 0 Å². The Bertz CT molecular complexity index is 509. The molecule has 0 spiro atoms. The lowest BCUT2D eigenvalue weighted by molar-refractivity contribution is 0.389. The van der Waals surface area contributed by atoms with Gasteiger partial charge in [0.05, 0.1) is 12.8 Å². The van der Waals surface area contributed by atoms with E-state index in [2.05, 4.69) is 36.5 Å². The van der Waals surface area contributed by atoms with E-state index >= 15 is 0 Å². The fourth-order valence-electron chi connectivity index (χ4n) is 2.16. The average Bonchev–Trinajstić information content (AvgIpc) is 2.93. The molecule has 1 aromatic carbocycles. The Hall–Kier alpha value is -1.81. The summed E-state index contributed by atoms with van der Waals surface area (Å²) in [5, 5.41) is 7.40. The van der Waals surface area contributed by atoms with Gasteiger partial charge in [-0.3, -0.25) is 0 Å². The molecule has 1 aromatic heterocycles. The van der Waals surface area contributed by atoms with Gasteiger partial charge in [0.15, 0.2) is 0 Å². The van der Waals surface area contributed by atoms with Crippen LogP contribution in [-0.2, 0) is 6.54 Å². The van der Waals surface area contributed by atoms with Gasteiger partial charge in [-0.2, -0.15) is 0 Å². The summed E-state index contributed by atoms with van der Waals surface area (Å²) in [6, 6.07) is 8.36. The van der Waals surface area contributed by atoms with Gasteiger partial charge in [-0.05, 0) is 19.4 Å². The molecule has 102 valence electrons. The zero-order chi connectivity index (χ0) is 13.7. The minimum absolute atomic E-state index is 0.242. The van der Waals surface area contributed by atoms with Crippen LogP contribution in [0.3, 0.4) is 0 Å². The first kappa shape index (κ1) is 13.6. The third-order valence-electron chi connectivity index (χ3n) is 3.19. The monoisotopic (exact) mass is 260 g/mol. The largest absolute Gasteiger partial charge is 0.496 e. The third kappa shape index (κ3) is 3.35. The molecule has 1 heterocycles. The number of aromatic nitrogens is 1. The number of hydrogen-bond acceptors (Lipinski definition) is 4. The second kappa shape index (κ2) is 6.38. The number of methoxy groups -OCH3 is 1. The van der Waals surface area contributed by atoms with Gasteiger partial charge < -0.3 is 14.6 Å². The molecule has 0 unspecified atom stereocenters. The van der Waals surface area contributed by atoms with E-state index in [4.69, 9.17) is 9.26 Å². The molecule has 0 radical (unpaired) electrons. The van der Waals surface area contributed by atoms with Crippen molar-refractivity contribution in [3.63, 3.8) is 0 Å². The van der Waals surface area contributed by atoms with E-state index in [0.29, 0.717) is 6.54 Å². The van der Waals surface area contributed by atoms with E-state index in [0.717, 1.165) is 17.9 Å². The van der Waals surface area contributed by atoms with Gasteiger partial charge in [0.2, 0.25) is 0 Å². The lowest BCUT2D eigenvalue weighted by Gasteiger charge is -2.20. The van der Waals surface area contributed by atoms with E-state index in [1.165, 1.54) is 11.1 Å². The molecule has 0 fully saturated rings. The van der Waals surface area contributed by atoms with Crippen LogP contribution in [-0.4, -0.2) is 12.3 Å². The summed E-state index contributed by atoms with van der Waals surface area (Å²) in [7, 11) is 1.71. The third-order valence-corrected chi connectivity index (χ3v) is 3.19. The van der Waals surface area contributed by atoms with E-state index in [1.807, 2.05) is 12.1 Å². The highest BCUT2D eigenvalue weighted by molar-refractivity contribution is 5.39. The molecular weight excluding hydrogens is 240 g/mol. The predicted octanol–water partition coefficient (Wildman–Crippen LogP) is 3.23. The maximum absolute atomic E-state index is 5.45. The fourth-order valence-corrected chi connectivity index (χ4v) is 2.16. The molecule has 1 N–H and O–H groups in total. The Balaban J connectivity index is 2.14. The SMILES string of the molecule is CC[C@@H](NCc1ccon1)c1cc(C)ccc1OC. The number of benzene rings is 1. The van der Waals surface area contributed by atoms with Gasteiger partial charge in [-0.25, -0.2) is 0 Å². The van der Waals surface area contributed by atoms with E-state index < -0.39 is 0 Å². The van der Waals surface area contributed by atoms with Crippen LogP contribution in [0, 0.1) is 6.92 Å². The molecule has 0 amide bonds. The van der Waals surface area contributed by atoms with Crippen LogP contribution in [0.1, 0.15) is 36.2 Å². The zero-order valence-electron chi connectivity index (χ0n) is 11.6. The highest BCUT2D eigenvalue weighted by Crippen LogP contribution is 2.28. The van der Waals surface area contributed by atoms with Crippen molar-refractivity contribution in [2.24, 2.45) is 0 Å². The molecule has 0 bridgehead atoms. The number of rotatable bonds is 6. The lowest BCUT2D eigenvalue weighted by Crippen LogP contribution is -2.21. The van der Waals surface area contributed by atoms with Crippen molar-refractivity contribution >= 4 is 0 Å². The summed E-state index contributed by atoms with van der Waals surface area (Å²) in [5.41, 5.74) is 3.33. The molecular formula is C15H20N2O2. The first-order valence-electron chi connectivity index (χ1n) is 6.51. The predicted molar refractivity (Wildman–Crippen MR) is 74.1 cm³/mol. The van der Waals surface area contributed by atoms with Crippen LogP contribution < -0.4 is 10.1 Å².